The Morgan fingerprint density at radius 2 is 1.94 bits per heavy atom. The number of nitrogens with one attached hydrogen (secondary N) is 3. The Hall–Kier alpha value is -3.78. The summed E-state index contributed by atoms with van der Waals surface area (Å²) in [5.41, 5.74) is 10.7. The van der Waals surface area contributed by atoms with Crippen LogP contribution in [0.5, 0.6) is 0 Å². The number of aromatic nitrogens is 1. The first-order valence-corrected chi connectivity index (χ1v) is 10.0. The van der Waals surface area contributed by atoms with E-state index in [1.807, 2.05) is 37.3 Å². The summed E-state index contributed by atoms with van der Waals surface area (Å²) < 4.78 is 5.31. The molecule has 2 heterocycles. The molecule has 0 spiro atoms. The van der Waals surface area contributed by atoms with Gasteiger partial charge in [-0.05, 0) is 48.2 Å². The third-order valence-corrected chi connectivity index (χ3v) is 5.28. The van der Waals surface area contributed by atoms with E-state index in [0.717, 1.165) is 22.2 Å². The highest BCUT2D eigenvalue weighted by Crippen LogP contribution is 2.20. The molecular formula is C23H23N5O3. The molecule has 3 N–H and O–H groups in total. The van der Waals surface area contributed by atoms with E-state index in [2.05, 4.69) is 15.4 Å². The molecule has 1 aliphatic heterocycles. The molecule has 158 valence electrons. The topological polar surface area (TPSA) is 111 Å². The highest BCUT2D eigenvalue weighted by molar-refractivity contribution is 5.96. The number of hydrogen-bond acceptors (Lipinski definition) is 6. The van der Waals surface area contributed by atoms with Gasteiger partial charge < -0.3 is 19.9 Å². The zero-order chi connectivity index (χ0) is 21.8. The van der Waals surface area contributed by atoms with Crippen molar-refractivity contribution in [3.63, 3.8) is 0 Å². The van der Waals surface area contributed by atoms with E-state index >= 15 is 0 Å². The number of aryl methyl sites for hydroxylation is 1. The number of aromatic amines is 1. The molecule has 8 heteroatoms. The van der Waals surface area contributed by atoms with Gasteiger partial charge in [-0.2, -0.15) is 5.11 Å². The predicted molar refractivity (Wildman–Crippen MR) is 119 cm³/mol. The fraction of sp³-hybridized carbons (Fsp3) is 0.217. The molecule has 0 atom stereocenters. The molecule has 0 unspecified atom stereocenters. The van der Waals surface area contributed by atoms with Crippen LogP contribution in [0.1, 0.15) is 21.5 Å². The van der Waals surface area contributed by atoms with Crippen LogP contribution in [0, 0.1) is 12.5 Å². The monoisotopic (exact) mass is 417 g/mol. The Kier molecular flexibility index (Phi) is 5.90. The molecule has 1 aromatic heterocycles. The highest BCUT2D eigenvalue weighted by Gasteiger charge is 2.20. The Morgan fingerprint density at radius 1 is 1.16 bits per heavy atom. The molecule has 1 amide bonds. The zero-order valence-electron chi connectivity index (χ0n) is 17.1. The number of amides is 1. The second kappa shape index (κ2) is 8.93. The molecule has 31 heavy (non-hydrogen) atoms. The summed E-state index contributed by atoms with van der Waals surface area (Å²) in [5, 5.41) is 7.46. The lowest BCUT2D eigenvalue weighted by Gasteiger charge is -2.27. The van der Waals surface area contributed by atoms with Crippen LogP contribution < -0.4 is 10.9 Å². The molecule has 0 radical (unpaired) electrons. The summed E-state index contributed by atoms with van der Waals surface area (Å²) in [6.45, 7) is 4.18. The number of rotatable bonds is 5. The number of para-hydroxylation sites is 1. The minimum absolute atomic E-state index is 0.00700. The van der Waals surface area contributed by atoms with Crippen molar-refractivity contribution in [2.75, 3.05) is 31.6 Å². The average molecular weight is 417 g/mol. The van der Waals surface area contributed by atoms with Gasteiger partial charge in [-0.3, -0.25) is 9.59 Å². The number of benzene rings is 2. The normalized spacial score (nSPS) is 14.5. The van der Waals surface area contributed by atoms with Gasteiger partial charge in [0.25, 0.3) is 11.5 Å². The maximum absolute atomic E-state index is 12.7. The molecule has 4 rings (SSSR count). The fourth-order valence-electron chi connectivity index (χ4n) is 3.59. The smallest absolute Gasteiger partial charge is 0.258 e. The van der Waals surface area contributed by atoms with E-state index in [1.54, 1.807) is 23.1 Å². The van der Waals surface area contributed by atoms with Gasteiger partial charge in [-0.1, -0.05) is 18.2 Å². The second-order valence-corrected chi connectivity index (χ2v) is 7.32. The minimum Gasteiger partial charge on any atom is -0.378 e. The van der Waals surface area contributed by atoms with E-state index in [-0.39, 0.29) is 17.2 Å². The van der Waals surface area contributed by atoms with Gasteiger partial charge >= 0.3 is 0 Å². The Balaban J connectivity index is 1.56. The number of carbonyl (C=O) groups excluding carboxylic acids is 1. The zero-order valence-corrected chi connectivity index (χ0v) is 17.1. The largest absolute Gasteiger partial charge is 0.378 e. The number of fused-ring (bicyclic) bond motifs is 1. The molecule has 1 saturated heterocycles. The molecule has 0 bridgehead atoms. The summed E-state index contributed by atoms with van der Waals surface area (Å²) in [7, 11) is 0. The quantitative estimate of drug-likeness (QED) is 0.549. The van der Waals surface area contributed by atoms with Crippen LogP contribution in [-0.2, 0) is 4.74 Å². The van der Waals surface area contributed by atoms with E-state index in [9.17, 15) is 9.59 Å². The van der Waals surface area contributed by atoms with Crippen molar-refractivity contribution in [1.29, 1.82) is 5.53 Å². The molecule has 8 nitrogen and oxygen atoms in total. The number of morpholine rings is 1. The second-order valence-electron chi connectivity index (χ2n) is 7.32. The van der Waals surface area contributed by atoms with Gasteiger partial charge in [-0.15, -0.1) is 0 Å². The first kappa shape index (κ1) is 20.5. The van der Waals surface area contributed by atoms with Crippen molar-refractivity contribution in [1.82, 2.24) is 9.88 Å². The SMILES string of the molecule is Cc1cc(N/C=C(\N=N)c2cc3ccccc3[nH]c2=O)ccc1C(=O)N1CCOCC1. The van der Waals surface area contributed by atoms with Gasteiger partial charge in [0.15, 0.2) is 0 Å². The lowest BCUT2D eigenvalue weighted by Crippen LogP contribution is -2.40. The maximum Gasteiger partial charge on any atom is 0.258 e. The van der Waals surface area contributed by atoms with Crippen LogP contribution in [-0.4, -0.2) is 42.1 Å². The average Bonchev–Trinajstić information content (AvgIpc) is 2.80. The number of ether oxygens (including phenoxy) is 1. The van der Waals surface area contributed by atoms with E-state index in [0.29, 0.717) is 37.4 Å². The molecule has 0 aliphatic carbocycles. The Labute approximate surface area is 179 Å². The number of carbonyl (C=O) groups is 1. The summed E-state index contributed by atoms with van der Waals surface area (Å²) >= 11 is 0. The first-order valence-electron chi connectivity index (χ1n) is 10.0. The van der Waals surface area contributed by atoms with E-state index in [4.69, 9.17) is 10.3 Å². The molecule has 1 aliphatic rings. The van der Waals surface area contributed by atoms with Gasteiger partial charge in [-0.25, -0.2) is 5.53 Å². The third kappa shape index (κ3) is 4.39. The van der Waals surface area contributed by atoms with E-state index < -0.39 is 0 Å². The van der Waals surface area contributed by atoms with Crippen molar-refractivity contribution < 1.29 is 9.53 Å². The van der Waals surface area contributed by atoms with Crippen LogP contribution in [0.4, 0.5) is 5.69 Å². The van der Waals surface area contributed by atoms with Crippen LogP contribution >= 0.6 is 0 Å². The summed E-state index contributed by atoms with van der Waals surface area (Å²) in [5.74, 6) is -0.00700. The molecule has 1 fully saturated rings. The van der Waals surface area contributed by atoms with Gasteiger partial charge in [0, 0.05) is 36.1 Å². The molecular weight excluding hydrogens is 394 g/mol. The van der Waals surface area contributed by atoms with Crippen LogP contribution in [0.2, 0.25) is 0 Å². The molecule has 3 aromatic rings. The number of H-pyrrole nitrogens is 1. The van der Waals surface area contributed by atoms with Crippen LogP contribution in [0.25, 0.3) is 16.6 Å². The summed E-state index contributed by atoms with van der Waals surface area (Å²) in [6.07, 6.45) is 1.52. The predicted octanol–water partition coefficient (Wildman–Crippen LogP) is 3.75. The standard InChI is InChI=1S/C23H23N5O3/c1-15-12-17(6-7-18(15)23(30)28-8-10-31-11-9-28)25-14-21(27-24)19-13-16-4-2-3-5-20(16)26-22(19)29/h2-7,12-14,24-25H,8-11H2,1H3,(H,26,29)/b21-14-,27-24?. The number of nitrogens with zero attached hydrogens (tertiary/aromatic N) is 2. The highest BCUT2D eigenvalue weighted by atomic mass is 16.5. The fourth-order valence-corrected chi connectivity index (χ4v) is 3.59. The van der Waals surface area contributed by atoms with E-state index in [1.165, 1.54) is 6.20 Å². The Bertz CT molecular complexity index is 1230. The molecule has 0 saturated carbocycles. The van der Waals surface area contributed by atoms with Crippen molar-refractivity contribution in [3.05, 3.63) is 81.8 Å². The first-order chi connectivity index (χ1) is 15.1. The van der Waals surface area contributed by atoms with Crippen molar-refractivity contribution in [2.45, 2.75) is 6.92 Å². The van der Waals surface area contributed by atoms with Gasteiger partial charge in [0.05, 0.1) is 18.8 Å². The summed E-state index contributed by atoms with van der Waals surface area (Å²) in [4.78, 5) is 29.8. The van der Waals surface area contributed by atoms with Crippen molar-refractivity contribution in [2.24, 2.45) is 5.11 Å². The Morgan fingerprint density at radius 3 is 2.68 bits per heavy atom. The summed E-state index contributed by atoms with van der Waals surface area (Å²) in [6, 6.07) is 14.6. The number of pyridine rings is 1. The molecule has 2 aromatic carbocycles. The van der Waals surface area contributed by atoms with Crippen molar-refractivity contribution in [3.8, 4) is 0 Å². The van der Waals surface area contributed by atoms with Gasteiger partial charge in [0.1, 0.15) is 5.70 Å². The lowest BCUT2D eigenvalue weighted by molar-refractivity contribution is 0.0302. The minimum atomic E-state index is -0.314. The van der Waals surface area contributed by atoms with Crippen LogP contribution in [0.3, 0.4) is 0 Å². The number of anilines is 1. The third-order valence-electron chi connectivity index (χ3n) is 5.28. The van der Waals surface area contributed by atoms with Crippen LogP contribution in [0.15, 0.2) is 64.6 Å². The van der Waals surface area contributed by atoms with Gasteiger partial charge in [0.2, 0.25) is 0 Å². The lowest BCUT2D eigenvalue weighted by atomic mass is 10.1. The maximum atomic E-state index is 12.7. The van der Waals surface area contributed by atoms with Crippen molar-refractivity contribution >= 4 is 28.2 Å². The number of hydrogen-bond donors (Lipinski definition) is 3.